The van der Waals surface area contributed by atoms with Crippen LogP contribution in [0, 0.1) is 5.92 Å². The second-order valence-corrected chi connectivity index (χ2v) is 8.02. The number of amides is 2. The fourth-order valence-electron chi connectivity index (χ4n) is 3.92. The number of hydrogen-bond donors (Lipinski definition) is 1. The lowest BCUT2D eigenvalue weighted by atomic mass is 10.1. The van der Waals surface area contributed by atoms with Crippen LogP contribution in [0.2, 0.25) is 0 Å². The summed E-state index contributed by atoms with van der Waals surface area (Å²) in [5.41, 5.74) is 3.23. The van der Waals surface area contributed by atoms with E-state index in [1.165, 1.54) is 0 Å². The Kier molecular flexibility index (Phi) is 5.68. The van der Waals surface area contributed by atoms with E-state index in [4.69, 9.17) is 4.52 Å². The maximum atomic E-state index is 12.9. The Morgan fingerprint density at radius 3 is 2.48 bits per heavy atom. The lowest BCUT2D eigenvalue weighted by Crippen LogP contribution is -2.28. The molecule has 0 spiro atoms. The summed E-state index contributed by atoms with van der Waals surface area (Å²) in [5, 5.41) is 6.98. The first-order valence-electron chi connectivity index (χ1n) is 10.8. The van der Waals surface area contributed by atoms with E-state index in [2.05, 4.69) is 15.5 Å². The maximum absolute atomic E-state index is 12.9. The molecule has 1 fully saturated rings. The molecule has 1 aliphatic rings. The largest absolute Gasteiger partial charge is 0.338 e. The molecule has 0 radical (unpaired) electrons. The molecule has 2 amide bonds. The Labute approximate surface area is 191 Å². The molecule has 3 aromatic carbocycles. The van der Waals surface area contributed by atoms with E-state index in [9.17, 15) is 9.59 Å². The first-order chi connectivity index (χ1) is 16.2. The molecule has 0 bridgehead atoms. The molecule has 0 unspecified atom stereocenters. The summed E-state index contributed by atoms with van der Waals surface area (Å²) in [4.78, 5) is 31.5. The van der Waals surface area contributed by atoms with Crippen molar-refractivity contribution < 1.29 is 14.1 Å². The lowest BCUT2D eigenvalue weighted by molar-refractivity contribution is -0.128. The summed E-state index contributed by atoms with van der Waals surface area (Å²) in [5.74, 6) is 0.301. The van der Waals surface area contributed by atoms with Crippen LogP contribution < -0.4 is 5.32 Å². The number of likely N-dealkylation sites (tertiary alicyclic amines) is 1. The van der Waals surface area contributed by atoms with Gasteiger partial charge in [-0.1, -0.05) is 71.9 Å². The van der Waals surface area contributed by atoms with Crippen LogP contribution in [-0.4, -0.2) is 33.4 Å². The van der Waals surface area contributed by atoms with Gasteiger partial charge in [-0.15, -0.1) is 0 Å². The number of nitrogens with one attached hydrogen (secondary N) is 1. The minimum atomic E-state index is -0.391. The van der Waals surface area contributed by atoms with Gasteiger partial charge in [0.15, 0.2) is 0 Å². The molecule has 0 aliphatic carbocycles. The Hall–Kier alpha value is -4.26. The number of anilines is 1. The molecule has 7 heteroatoms. The fourth-order valence-corrected chi connectivity index (χ4v) is 3.92. The number of hydrogen-bond acceptors (Lipinski definition) is 5. The number of benzene rings is 3. The zero-order valence-corrected chi connectivity index (χ0v) is 17.8. The molecule has 33 heavy (non-hydrogen) atoms. The monoisotopic (exact) mass is 438 g/mol. The minimum Gasteiger partial charge on any atom is -0.338 e. The van der Waals surface area contributed by atoms with Crippen molar-refractivity contribution in [3.05, 3.63) is 90.5 Å². The fraction of sp³-hybridized carbons (Fsp3) is 0.154. The van der Waals surface area contributed by atoms with Crippen LogP contribution in [0.3, 0.4) is 0 Å². The van der Waals surface area contributed by atoms with Gasteiger partial charge in [-0.05, 0) is 23.8 Å². The third kappa shape index (κ3) is 4.67. The summed E-state index contributed by atoms with van der Waals surface area (Å²) in [7, 11) is 0. The molecule has 1 aliphatic heterocycles. The second kappa shape index (κ2) is 9.08. The highest BCUT2D eigenvalue weighted by atomic mass is 16.5. The Morgan fingerprint density at radius 2 is 1.70 bits per heavy atom. The molecular weight excluding hydrogens is 416 g/mol. The molecule has 1 atom stereocenters. The molecular formula is C26H22N4O3. The normalized spacial score (nSPS) is 15.6. The van der Waals surface area contributed by atoms with Gasteiger partial charge >= 0.3 is 0 Å². The average Bonchev–Trinajstić information content (AvgIpc) is 3.48. The molecule has 1 N–H and O–H groups in total. The smallest absolute Gasteiger partial charge is 0.258 e. The standard InChI is InChI=1S/C26H22N4O3/c31-23-15-21(17-30(23)16-18-8-3-1-4-9-18)25(32)27-22-13-7-12-20(14-22)26-28-24(29-33-26)19-10-5-2-6-11-19/h1-14,21H,15-17H2,(H,27,32)/t21-/m1/s1. The Morgan fingerprint density at radius 1 is 0.970 bits per heavy atom. The number of carbonyl (C=O) groups excluding carboxylic acids is 2. The van der Waals surface area contributed by atoms with Gasteiger partial charge in [0.05, 0.1) is 5.92 Å². The topological polar surface area (TPSA) is 88.3 Å². The number of nitrogens with zero attached hydrogens (tertiary/aromatic N) is 3. The SMILES string of the molecule is O=C(Nc1cccc(-c2nc(-c3ccccc3)no2)c1)[C@@H]1CC(=O)N(Cc2ccccc2)C1. The van der Waals surface area contributed by atoms with Crippen LogP contribution in [0.4, 0.5) is 5.69 Å². The van der Waals surface area contributed by atoms with E-state index in [0.717, 1.165) is 11.1 Å². The zero-order chi connectivity index (χ0) is 22.6. The summed E-state index contributed by atoms with van der Waals surface area (Å²) in [6.45, 7) is 0.920. The molecule has 2 heterocycles. The summed E-state index contributed by atoms with van der Waals surface area (Å²) < 4.78 is 5.42. The van der Waals surface area contributed by atoms with Crippen molar-refractivity contribution >= 4 is 17.5 Å². The highest BCUT2D eigenvalue weighted by molar-refractivity contribution is 5.97. The van der Waals surface area contributed by atoms with Crippen LogP contribution >= 0.6 is 0 Å². The minimum absolute atomic E-state index is 0.00736. The van der Waals surface area contributed by atoms with Crippen molar-refractivity contribution in [2.24, 2.45) is 5.92 Å². The predicted octanol–water partition coefficient (Wildman–Crippen LogP) is 4.39. The summed E-state index contributed by atoms with van der Waals surface area (Å²) in [6.07, 6.45) is 0.211. The lowest BCUT2D eigenvalue weighted by Gasteiger charge is -2.16. The van der Waals surface area contributed by atoms with Gasteiger partial charge in [0.1, 0.15) is 0 Å². The van der Waals surface area contributed by atoms with E-state index in [1.807, 2.05) is 72.8 Å². The van der Waals surface area contributed by atoms with Gasteiger partial charge in [0, 0.05) is 36.3 Å². The Bertz CT molecular complexity index is 1270. The Balaban J connectivity index is 1.25. The second-order valence-electron chi connectivity index (χ2n) is 8.02. The zero-order valence-electron chi connectivity index (χ0n) is 17.8. The average molecular weight is 438 g/mol. The predicted molar refractivity (Wildman–Crippen MR) is 124 cm³/mol. The maximum Gasteiger partial charge on any atom is 0.258 e. The van der Waals surface area contributed by atoms with E-state index in [1.54, 1.807) is 17.0 Å². The first-order valence-corrected chi connectivity index (χ1v) is 10.8. The molecule has 5 rings (SSSR count). The van der Waals surface area contributed by atoms with Crippen LogP contribution in [0.15, 0.2) is 89.5 Å². The third-order valence-corrected chi connectivity index (χ3v) is 5.64. The molecule has 1 saturated heterocycles. The van der Waals surface area contributed by atoms with Crippen molar-refractivity contribution in [1.82, 2.24) is 15.0 Å². The van der Waals surface area contributed by atoms with Crippen LogP contribution in [-0.2, 0) is 16.1 Å². The highest BCUT2D eigenvalue weighted by Crippen LogP contribution is 2.26. The molecule has 0 saturated carbocycles. The highest BCUT2D eigenvalue weighted by Gasteiger charge is 2.34. The van der Waals surface area contributed by atoms with Crippen LogP contribution in [0.1, 0.15) is 12.0 Å². The summed E-state index contributed by atoms with van der Waals surface area (Å²) >= 11 is 0. The summed E-state index contributed by atoms with van der Waals surface area (Å²) in [6, 6.07) is 26.6. The van der Waals surface area contributed by atoms with Gasteiger partial charge in [-0.3, -0.25) is 9.59 Å². The van der Waals surface area contributed by atoms with Gasteiger partial charge in [0.2, 0.25) is 17.6 Å². The molecule has 164 valence electrons. The van der Waals surface area contributed by atoms with Crippen molar-refractivity contribution in [3.8, 4) is 22.8 Å². The third-order valence-electron chi connectivity index (χ3n) is 5.64. The molecule has 1 aromatic heterocycles. The van der Waals surface area contributed by atoms with E-state index >= 15 is 0 Å². The van der Waals surface area contributed by atoms with Crippen LogP contribution in [0.5, 0.6) is 0 Å². The molecule has 4 aromatic rings. The number of aromatic nitrogens is 2. The van der Waals surface area contributed by atoms with Gasteiger partial charge in [-0.25, -0.2) is 0 Å². The van der Waals surface area contributed by atoms with Gasteiger partial charge in [-0.2, -0.15) is 4.98 Å². The van der Waals surface area contributed by atoms with Crippen molar-refractivity contribution in [2.45, 2.75) is 13.0 Å². The van der Waals surface area contributed by atoms with Crippen molar-refractivity contribution in [3.63, 3.8) is 0 Å². The van der Waals surface area contributed by atoms with E-state index in [-0.39, 0.29) is 18.2 Å². The quantitative estimate of drug-likeness (QED) is 0.482. The van der Waals surface area contributed by atoms with E-state index < -0.39 is 5.92 Å². The number of rotatable bonds is 6. The van der Waals surface area contributed by atoms with Gasteiger partial charge in [0.25, 0.3) is 5.89 Å². The van der Waals surface area contributed by atoms with Crippen molar-refractivity contribution in [2.75, 3.05) is 11.9 Å². The van der Waals surface area contributed by atoms with E-state index in [0.29, 0.717) is 36.1 Å². The number of carbonyl (C=O) groups is 2. The van der Waals surface area contributed by atoms with Gasteiger partial charge < -0.3 is 14.7 Å². The van der Waals surface area contributed by atoms with Crippen LogP contribution in [0.25, 0.3) is 22.8 Å². The first kappa shape index (κ1) is 20.6. The van der Waals surface area contributed by atoms with Crippen molar-refractivity contribution in [1.29, 1.82) is 0 Å². The molecule has 7 nitrogen and oxygen atoms in total.